The van der Waals surface area contributed by atoms with E-state index in [0.29, 0.717) is 24.5 Å². The van der Waals surface area contributed by atoms with E-state index < -0.39 is 0 Å². The summed E-state index contributed by atoms with van der Waals surface area (Å²) < 4.78 is 5.97. The van der Waals surface area contributed by atoms with Gasteiger partial charge in [-0.3, -0.25) is 9.89 Å². The summed E-state index contributed by atoms with van der Waals surface area (Å²) in [5.41, 5.74) is 3.72. The number of aromatic amines is 1. The molecule has 0 aliphatic carbocycles. The van der Waals surface area contributed by atoms with Crippen LogP contribution < -0.4 is 10.1 Å². The van der Waals surface area contributed by atoms with Gasteiger partial charge in [-0.2, -0.15) is 5.10 Å². The van der Waals surface area contributed by atoms with Gasteiger partial charge in [-0.25, -0.2) is 4.98 Å². The van der Waals surface area contributed by atoms with E-state index in [4.69, 9.17) is 4.74 Å². The Labute approximate surface area is 185 Å². The summed E-state index contributed by atoms with van der Waals surface area (Å²) in [5, 5.41) is 10.3. The van der Waals surface area contributed by atoms with Crippen molar-refractivity contribution in [3.05, 3.63) is 96.3 Å². The maximum atomic E-state index is 12.7. The number of aromatic nitrogens is 3. The number of nitrogens with one attached hydrogen (secondary N) is 2. The number of rotatable bonds is 9. The number of thioether (sulfide) groups is 1. The summed E-state index contributed by atoms with van der Waals surface area (Å²) in [7, 11) is 0. The van der Waals surface area contributed by atoms with E-state index in [-0.39, 0.29) is 5.91 Å². The van der Waals surface area contributed by atoms with Crippen LogP contribution in [-0.4, -0.2) is 34.2 Å². The van der Waals surface area contributed by atoms with Crippen molar-refractivity contribution in [3.8, 4) is 16.9 Å². The zero-order valence-corrected chi connectivity index (χ0v) is 17.6. The Balaban J connectivity index is 1.33. The van der Waals surface area contributed by atoms with Gasteiger partial charge in [-0.15, -0.1) is 0 Å². The molecule has 156 valence electrons. The van der Waals surface area contributed by atoms with Crippen LogP contribution in [0.15, 0.2) is 90.3 Å². The molecule has 1 amide bonds. The minimum atomic E-state index is -0.117. The Morgan fingerprint density at radius 1 is 0.968 bits per heavy atom. The Kier molecular flexibility index (Phi) is 6.97. The largest absolute Gasteiger partial charge is 0.491 e. The van der Waals surface area contributed by atoms with Crippen LogP contribution in [0.1, 0.15) is 15.9 Å². The smallest absolute Gasteiger partial charge is 0.251 e. The molecule has 4 rings (SSSR count). The van der Waals surface area contributed by atoms with E-state index >= 15 is 0 Å². The van der Waals surface area contributed by atoms with E-state index in [1.54, 1.807) is 0 Å². The minimum Gasteiger partial charge on any atom is -0.491 e. The quantitative estimate of drug-likeness (QED) is 0.300. The molecule has 7 heteroatoms. The molecule has 0 saturated carbocycles. The first kappa shape index (κ1) is 20.7. The lowest BCUT2D eigenvalue weighted by Gasteiger charge is -2.13. The number of nitrogens with zero attached hydrogens (tertiary/aromatic N) is 2. The SMILES string of the molecule is O=C(NCCOc1ccccc1-c1ccccc1)c1ccccc1CSc1ncn[nH]1. The van der Waals surface area contributed by atoms with Gasteiger partial charge in [-0.05, 0) is 23.3 Å². The Hall–Kier alpha value is -3.58. The molecule has 1 aromatic heterocycles. The fourth-order valence-electron chi connectivity index (χ4n) is 3.15. The van der Waals surface area contributed by atoms with Crippen LogP contribution in [0.5, 0.6) is 5.75 Å². The van der Waals surface area contributed by atoms with Crippen molar-refractivity contribution in [2.45, 2.75) is 10.9 Å². The topological polar surface area (TPSA) is 79.9 Å². The molecular formula is C24H22N4O2S. The number of hydrogen-bond acceptors (Lipinski definition) is 5. The molecule has 0 saturated heterocycles. The van der Waals surface area contributed by atoms with Gasteiger partial charge >= 0.3 is 0 Å². The van der Waals surface area contributed by atoms with E-state index in [0.717, 1.165) is 27.6 Å². The first-order chi connectivity index (χ1) is 15.3. The molecule has 0 unspecified atom stereocenters. The highest BCUT2D eigenvalue weighted by Crippen LogP contribution is 2.29. The van der Waals surface area contributed by atoms with Crippen molar-refractivity contribution >= 4 is 17.7 Å². The van der Waals surface area contributed by atoms with Crippen molar-refractivity contribution in [2.24, 2.45) is 0 Å². The third kappa shape index (κ3) is 5.52. The number of ether oxygens (including phenoxy) is 1. The van der Waals surface area contributed by atoms with Crippen LogP contribution in [0.3, 0.4) is 0 Å². The van der Waals surface area contributed by atoms with Crippen molar-refractivity contribution in [2.75, 3.05) is 13.2 Å². The number of H-pyrrole nitrogens is 1. The molecule has 0 atom stereocenters. The molecular weight excluding hydrogens is 408 g/mol. The van der Waals surface area contributed by atoms with Gasteiger partial charge in [-0.1, -0.05) is 78.5 Å². The van der Waals surface area contributed by atoms with Gasteiger partial charge in [0.05, 0.1) is 6.54 Å². The number of amides is 1. The predicted octanol–water partition coefficient (Wildman–Crippen LogP) is 4.57. The lowest BCUT2D eigenvalue weighted by Crippen LogP contribution is -2.28. The van der Waals surface area contributed by atoms with Gasteiger partial charge in [0.2, 0.25) is 0 Å². The van der Waals surface area contributed by atoms with Gasteiger partial charge < -0.3 is 10.1 Å². The van der Waals surface area contributed by atoms with Crippen LogP contribution in [0.25, 0.3) is 11.1 Å². The highest BCUT2D eigenvalue weighted by Gasteiger charge is 2.12. The molecule has 0 spiro atoms. The lowest BCUT2D eigenvalue weighted by molar-refractivity contribution is 0.0946. The third-order valence-electron chi connectivity index (χ3n) is 4.64. The summed E-state index contributed by atoms with van der Waals surface area (Å²) in [4.78, 5) is 16.8. The second kappa shape index (κ2) is 10.4. The maximum Gasteiger partial charge on any atom is 0.251 e. The van der Waals surface area contributed by atoms with Crippen molar-refractivity contribution in [1.29, 1.82) is 0 Å². The molecule has 0 radical (unpaired) electrons. The molecule has 3 aromatic carbocycles. The summed E-state index contributed by atoms with van der Waals surface area (Å²) in [6.45, 7) is 0.788. The Bertz CT molecular complexity index is 1120. The van der Waals surface area contributed by atoms with Crippen molar-refractivity contribution in [3.63, 3.8) is 0 Å². The second-order valence-corrected chi connectivity index (χ2v) is 7.67. The monoisotopic (exact) mass is 430 g/mol. The molecule has 2 N–H and O–H groups in total. The predicted molar refractivity (Wildman–Crippen MR) is 122 cm³/mol. The first-order valence-corrected chi connectivity index (χ1v) is 10.9. The normalized spacial score (nSPS) is 10.6. The number of hydrogen-bond donors (Lipinski definition) is 2. The molecule has 0 aliphatic rings. The van der Waals surface area contributed by atoms with Crippen LogP contribution in [-0.2, 0) is 5.75 Å². The molecule has 1 heterocycles. The number of carbonyl (C=O) groups excluding carboxylic acids is 1. The average molecular weight is 431 g/mol. The fourth-order valence-corrected chi connectivity index (χ4v) is 3.93. The highest BCUT2D eigenvalue weighted by molar-refractivity contribution is 7.98. The Morgan fingerprint density at radius 3 is 2.58 bits per heavy atom. The zero-order valence-electron chi connectivity index (χ0n) is 16.8. The molecule has 4 aromatic rings. The Morgan fingerprint density at radius 2 is 1.74 bits per heavy atom. The van der Waals surface area contributed by atoms with E-state index in [1.165, 1.54) is 18.1 Å². The molecule has 0 fully saturated rings. The summed E-state index contributed by atoms with van der Waals surface area (Å²) in [5.74, 6) is 1.31. The standard InChI is InChI=1S/C24H22N4O2S/c29-23(21-12-5-4-10-19(21)16-31-24-26-17-27-28-24)25-14-15-30-22-13-7-6-11-20(22)18-8-2-1-3-9-18/h1-13,17H,14-16H2,(H,25,29)(H,26,27,28). The second-order valence-electron chi connectivity index (χ2n) is 6.70. The van der Waals surface area contributed by atoms with E-state index in [2.05, 4.69) is 32.6 Å². The summed E-state index contributed by atoms with van der Waals surface area (Å²) in [6, 6.07) is 25.6. The van der Waals surface area contributed by atoms with E-state index in [1.807, 2.05) is 66.7 Å². The van der Waals surface area contributed by atoms with Gasteiger partial charge in [0, 0.05) is 16.9 Å². The lowest BCUT2D eigenvalue weighted by atomic mass is 10.1. The molecule has 0 bridgehead atoms. The number of benzene rings is 3. The average Bonchev–Trinajstić information content (AvgIpc) is 3.35. The fraction of sp³-hybridized carbons (Fsp3) is 0.125. The van der Waals surface area contributed by atoms with Crippen LogP contribution in [0.2, 0.25) is 0 Å². The first-order valence-electron chi connectivity index (χ1n) is 9.93. The van der Waals surface area contributed by atoms with E-state index in [9.17, 15) is 4.79 Å². The van der Waals surface area contributed by atoms with Crippen molar-refractivity contribution < 1.29 is 9.53 Å². The summed E-state index contributed by atoms with van der Waals surface area (Å²) >= 11 is 1.50. The highest BCUT2D eigenvalue weighted by atomic mass is 32.2. The van der Waals surface area contributed by atoms with Crippen molar-refractivity contribution in [1.82, 2.24) is 20.5 Å². The zero-order chi connectivity index (χ0) is 21.3. The van der Waals surface area contributed by atoms with Crippen LogP contribution >= 0.6 is 11.8 Å². The minimum absolute atomic E-state index is 0.117. The van der Waals surface area contributed by atoms with Gasteiger partial charge in [0.25, 0.3) is 5.91 Å². The third-order valence-corrected chi connectivity index (χ3v) is 5.56. The van der Waals surface area contributed by atoms with Gasteiger partial charge in [0.1, 0.15) is 18.7 Å². The molecule has 6 nitrogen and oxygen atoms in total. The number of carbonyl (C=O) groups is 1. The maximum absolute atomic E-state index is 12.7. The molecule has 31 heavy (non-hydrogen) atoms. The molecule has 0 aliphatic heterocycles. The summed E-state index contributed by atoms with van der Waals surface area (Å²) in [6.07, 6.45) is 1.47. The number of para-hydroxylation sites is 1. The van der Waals surface area contributed by atoms with Crippen LogP contribution in [0.4, 0.5) is 0 Å². The van der Waals surface area contributed by atoms with Crippen LogP contribution in [0, 0.1) is 0 Å². The van der Waals surface area contributed by atoms with Gasteiger partial charge in [0.15, 0.2) is 5.16 Å².